The van der Waals surface area contributed by atoms with E-state index >= 15 is 0 Å². The molecule has 1 rings (SSSR count). The van der Waals surface area contributed by atoms with Crippen LogP contribution in [0.5, 0.6) is 0 Å². The van der Waals surface area contributed by atoms with Crippen molar-refractivity contribution in [3.8, 4) is 0 Å². The lowest BCUT2D eigenvalue weighted by Crippen LogP contribution is -2.29. The molecular weight excluding hydrogens is 230 g/mol. The Balaban J connectivity index is 2.94. The highest BCUT2D eigenvalue weighted by molar-refractivity contribution is 6.30. The summed E-state index contributed by atoms with van der Waals surface area (Å²) >= 11 is 5.90. The van der Waals surface area contributed by atoms with Crippen molar-refractivity contribution in [2.45, 2.75) is 13.5 Å². The molecule has 0 bridgehead atoms. The minimum Gasteiger partial charge on any atom is -0.391 e. The Morgan fingerprint density at radius 1 is 1.50 bits per heavy atom. The lowest BCUT2D eigenvalue weighted by molar-refractivity contribution is 0.205. The molecule has 16 heavy (non-hydrogen) atoms. The number of methoxy groups -OCH3 is 1. The Bertz CT molecular complexity index is 336. The molecule has 0 saturated heterocycles. The Kier molecular flexibility index (Phi) is 5.45. The van der Waals surface area contributed by atoms with Gasteiger partial charge in [0.25, 0.3) is 0 Å². The standard InChI is InChI=1S/C10H16ClN3O2/c1-3-14(4-5-16-2)10-8(6-15)9(11)12-7-13-10/h7,15H,3-6H2,1-2H3. The van der Waals surface area contributed by atoms with Crippen LogP contribution in [0, 0.1) is 0 Å². The molecule has 0 unspecified atom stereocenters. The molecule has 0 amide bonds. The molecule has 6 heteroatoms. The number of aromatic nitrogens is 2. The zero-order valence-electron chi connectivity index (χ0n) is 9.48. The van der Waals surface area contributed by atoms with E-state index in [9.17, 15) is 5.11 Å². The topological polar surface area (TPSA) is 58.5 Å². The van der Waals surface area contributed by atoms with E-state index in [1.807, 2.05) is 11.8 Å². The fraction of sp³-hybridized carbons (Fsp3) is 0.600. The van der Waals surface area contributed by atoms with E-state index in [0.717, 1.165) is 6.54 Å². The van der Waals surface area contributed by atoms with Crippen LogP contribution in [-0.2, 0) is 11.3 Å². The van der Waals surface area contributed by atoms with E-state index in [4.69, 9.17) is 16.3 Å². The fourth-order valence-electron chi connectivity index (χ4n) is 1.41. The number of aliphatic hydroxyl groups excluding tert-OH is 1. The van der Waals surface area contributed by atoms with Crippen LogP contribution in [0.2, 0.25) is 5.15 Å². The van der Waals surface area contributed by atoms with Crippen molar-refractivity contribution < 1.29 is 9.84 Å². The molecule has 5 nitrogen and oxygen atoms in total. The highest BCUT2D eigenvalue weighted by Gasteiger charge is 2.14. The van der Waals surface area contributed by atoms with E-state index in [1.54, 1.807) is 7.11 Å². The number of nitrogens with zero attached hydrogens (tertiary/aromatic N) is 3. The van der Waals surface area contributed by atoms with Crippen molar-refractivity contribution in [2.24, 2.45) is 0 Å². The van der Waals surface area contributed by atoms with Gasteiger partial charge in [-0.1, -0.05) is 11.6 Å². The zero-order valence-corrected chi connectivity index (χ0v) is 10.2. The fourth-order valence-corrected chi connectivity index (χ4v) is 1.59. The van der Waals surface area contributed by atoms with Gasteiger partial charge < -0.3 is 14.7 Å². The van der Waals surface area contributed by atoms with Crippen molar-refractivity contribution in [2.75, 3.05) is 31.7 Å². The average molecular weight is 246 g/mol. The Morgan fingerprint density at radius 3 is 2.81 bits per heavy atom. The summed E-state index contributed by atoms with van der Waals surface area (Å²) in [6, 6.07) is 0. The van der Waals surface area contributed by atoms with Crippen LogP contribution < -0.4 is 4.90 Å². The van der Waals surface area contributed by atoms with Gasteiger partial charge in [-0.15, -0.1) is 0 Å². The van der Waals surface area contributed by atoms with Crippen LogP contribution in [0.15, 0.2) is 6.33 Å². The smallest absolute Gasteiger partial charge is 0.140 e. The monoisotopic (exact) mass is 245 g/mol. The molecule has 0 saturated carbocycles. The summed E-state index contributed by atoms with van der Waals surface area (Å²) < 4.78 is 5.02. The van der Waals surface area contributed by atoms with Crippen molar-refractivity contribution in [3.63, 3.8) is 0 Å². The summed E-state index contributed by atoms with van der Waals surface area (Å²) in [6.45, 7) is 3.91. The molecule has 1 heterocycles. The first-order valence-electron chi connectivity index (χ1n) is 5.08. The number of ether oxygens (including phenoxy) is 1. The molecule has 0 aromatic carbocycles. The number of hydrogen-bond acceptors (Lipinski definition) is 5. The third-order valence-corrected chi connectivity index (χ3v) is 2.60. The van der Waals surface area contributed by atoms with E-state index in [0.29, 0.717) is 29.7 Å². The molecule has 1 aromatic rings. The SMILES string of the molecule is CCN(CCOC)c1ncnc(Cl)c1CO. The van der Waals surface area contributed by atoms with Crippen molar-refractivity contribution in [1.82, 2.24) is 9.97 Å². The van der Waals surface area contributed by atoms with Gasteiger partial charge in [-0.05, 0) is 6.92 Å². The average Bonchev–Trinajstić information content (AvgIpc) is 2.30. The maximum Gasteiger partial charge on any atom is 0.140 e. The second-order valence-corrected chi connectivity index (χ2v) is 3.56. The normalized spacial score (nSPS) is 10.5. The first-order valence-corrected chi connectivity index (χ1v) is 5.46. The number of hydrogen-bond donors (Lipinski definition) is 1. The minimum absolute atomic E-state index is 0.168. The number of anilines is 1. The molecule has 0 aliphatic heterocycles. The molecule has 90 valence electrons. The van der Waals surface area contributed by atoms with E-state index in [1.165, 1.54) is 6.33 Å². The van der Waals surface area contributed by atoms with Gasteiger partial charge in [0.2, 0.25) is 0 Å². The highest BCUT2D eigenvalue weighted by Crippen LogP contribution is 2.22. The molecule has 0 radical (unpaired) electrons. The summed E-state index contributed by atoms with van der Waals surface area (Å²) in [5.41, 5.74) is 0.558. The van der Waals surface area contributed by atoms with E-state index in [-0.39, 0.29) is 6.61 Å². The highest BCUT2D eigenvalue weighted by atomic mass is 35.5. The third-order valence-electron chi connectivity index (χ3n) is 2.27. The third kappa shape index (κ3) is 3.04. The first kappa shape index (κ1) is 13.2. The molecule has 0 atom stereocenters. The van der Waals surface area contributed by atoms with Gasteiger partial charge in [0.15, 0.2) is 0 Å². The summed E-state index contributed by atoms with van der Waals surface area (Å²) in [5, 5.41) is 9.54. The van der Waals surface area contributed by atoms with Gasteiger partial charge in [0.1, 0.15) is 17.3 Å². The molecule has 1 aromatic heterocycles. The second kappa shape index (κ2) is 6.62. The van der Waals surface area contributed by atoms with Crippen molar-refractivity contribution >= 4 is 17.4 Å². The van der Waals surface area contributed by atoms with Gasteiger partial charge in [-0.3, -0.25) is 0 Å². The van der Waals surface area contributed by atoms with Gasteiger partial charge in [0.05, 0.1) is 18.8 Å². The predicted molar refractivity (Wildman–Crippen MR) is 62.7 cm³/mol. The van der Waals surface area contributed by atoms with Crippen LogP contribution in [0.25, 0.3) is 0 Å². The second-order valence-electron chi connectivity index (χ2n) is 3.20. The van der Waals surface area contributed by atoms with Crippen molar-refractivity contribution in [1.29, 1.82) is 0 Å². The van der Waals surface area contributed by atoms with Crippen molar-refractivity contribution in [3.05, 3.63) is 17.0 Å². The number of aliphatic hydroxyl groups is 1. The number of rotatable bonds is 6. The molecular formula is C10H16ClN3O2. The van der Waals surface area contributed by atoms with Crippen LogP contribution in [-0.4, -0.2) is 41.9 Å². The predicted octanol–water partition coefficient (Wildman–Crippen LogP) is 1.09. The summed E-state index contributed by atoms with van der Waals surface area (Å²) in [7, 11) is 1.65. The summed E-state index contributed by atoms with van der Waals surface area (Å²) in [6.07, 6.45) is 1.40. The van der Waals surface area contributed by atoms with Gasteiger partial charge in [-0.2, -0.15) is 0 Å². The molecule has 0 aliphatic carbocycles. The van der Waals surface area contributed by atoms with Crippen LogP contribution in [0.3, 0.4) is 0 Å². The molecule has 0 fully saturated rings. The zero-order chi connectivity index (χ0) is 12.0. The maximum atomic E-state index is 9.25. The quantitative estimate of drug-likeness (QED) is 0.761. The molecule has 0 spiro atoms. The van der Waals surface area contributed by atoms with Gasteiger partial charge in [0, 0.05) is 20.2 Å². The Morgan fingerprint density at radius 2 is 2.25 bits per heavy atom. The lowest BCUT2D eigenvalue weighted by atomic mass is 10.3. The summed E-state index contributed by atoms with van der Waals surface area (Å²) in [4.78, 5) is 9.98. The Hall–Kier alpha value is -0.910. The van der Waals surface area contributed by atoms with Crippen LogP contribution in [0.1, 0.15) is 12.5 Å². The largest absolute Gasteiger partial charge is 0.391 e. The van der Waals surface area contributed by atoms with Crippen LogP contribution >= 0.6 is 11.6 Å². The number of likely N-dealkylation sites (N-methyl/N-ethyl adjacent to an activating group) is 1. The lowest BCUT2D eigenvalue weighted by Gasteiger charge is -2.23. The molecule has 1 N–H and O–H groups in total. The Labute approximate surface area is 100 Å². The maximum absolute atomic E-state index is 9.25. The van der Waals surface area contributed by atoms with Gasteiger partial charge in [-0.25, -0.2) is 9.97 Å². The van der Waals surface area contributed by atoms with E-state index < -0.39 is 0 Å². The first-order chi connectivity index (χ1) is 7.74. The number of halogens is 1. The van der Waals surface area contributed by atoms with Gasteiger partial charge >= 0.3 is 0 Å². The minimum atomic E-state index is -0.168. The summed E-state index contributed by atoms with van der Waals surface area (Å²) in [5.74, 6) is 0.669. The molecule has 0 aliphatic rings. The van der Waals surface area contributed by atoms with E-state index in [2.05, 4.69) is 9.97 Å². The van der Waals surface area contributed by atoms with Crippen LogP contribution in [0.4, 0.5) is 5.82 Å².